The Hall–Kier alpha value is -1.59. The van der Waals surface area contributed by atoms with Crippen molar-refractivity contribution in [3.63, 3.8) is 0 Å². The SMILES string of the molecule is COc1ccccc1CC(=O)Nc1cnc(Cl)c(Br)c1. The van der Waals surface area contributed by atoms with Crippen molar-refractivity contribution in [2.24, 2.45) is 0 Å². The minimum Gasteiger partial charge on any atom is -0.496 e. The van der Waals surface area contributed by atoms with Crippen molar-refractivity contribution in [3.8, 4) is 5.75 Å². The summed E-state index contributed by atoms with van der Waals surface area (Å²) in [6.45, 7) is 0. The standard InChI is InChI=1S/C14H12BrClN2O2/c1-20-12-5-3-2-4-9(12)6-13(19)18-10-7-11(15)14(16)17-8-10/h2-5,7-8H,6H2,1H3,(H,18,19). The van der Waals surface area contributed by atoms with Crippen LogP contribution in [-0.2, 0) is 11.2 Å². The van der Waals surface area contributed by atoms with Gasteiger partial charge in [0, 0.05) is 5.56 Å². The van der Waals surface area contributed by atoms with Crippen LogP contribution in [0.25, 0.3) is 0 Å². The Balaban J connectivity index is 2.07. The molecule has 1 heterocycles. The topological polar surface area (TPSA) is 51.2 Å². The highest BCUT2D eigenvalue weighted by molar-refractivity contribution is 9.10. The van der Waals surface area contributed by atoms with Gasteiger partial charge in [0.15, 0.2) is 0 Å². The van der Waals surface area contributed by atoms with Gasteiger partial charge in [0.25, 0.3) is 0 Å². The zero-order chi connectivity index (χ0) is 14.5. The van der Waals surface area contributed by atoms with Crippen LogP contribution in [0.15, 0.2) is 41.0 Å². The van der Waals surface area contributed by atoms with Gasteiger partial charge in [0.1, 0.15) is 10.9 Å². The van der Waals surface area contributed by atoms with Gasteiger partial charge in [-0.3, -0.25) is 4.79 Å². The Morgan fingerprint density at radius 1 is 1.45 bits per heavy atom. The van der Waals surface area contributed by atoms with Gasteiger partial charge in [-0.15, -0.1) is 0 Å². The molecule has 2 aromatic rings. The van der Waals surface area contributed by atoms with Crippen LogP contribution >= 0.6 is 27.5 Å². The summed E-state index contributed by atoms with van der Waals surface area (Å²) in [6.07, 6.45) is 1.73. The summed E-state index contributed by atoms with van der Waals surface area (Å²) in [4.78, 5) is 16.0. The third-order valence-corrected chi connectivity index (χ3v) is 3.76. The molecule has 20 heavy (non-hydrogen) atoms. The molecule has 2 rings (SSSR count). The number of nitrogens with one attached hydrogen (secondary N) is 1. The van der Waals surface area contributed by atoms with Crippen molar-refractivity contribution in [1.29, 1.82) is 0 Å². The number of carbonyl (C=O) groups is 1. The maximum absolute atomic E-state index is 12.0. The van der Waals surface area contributed by atoms with E-state index in [0.29, 0.717) is 21.1 Å². The predicted molar refractivity (Wildman–Crippen MR) is 82.3 cm³/mol. The van der Waals surface area contributed by atoms with E-state index in [-0.39, 0.29) is 12.3 Å². The normalized spacial score (nSPS) is 10.2. The highest BCUT2D eigenvalue weighted by Crippen LogP contribution is 2.23. The fourth-order valence-electron chi connectivity index (χ4n) is 1.72. The molecule has 1 amide bonds. The minimum absolute atomic E-state index is 0.148. The van der Waals surface area contributed by atoms with Gasteiger partial charge in [-0.25, -0.2) is 4.98 Å². The number of carbonyl (C=O) groups excluding carboxylic acids is 1. The van der Waals surface area contributed by atoms with Gasteiger partial charge in [0.2, 0.25) is 5.91 Å². The first kappa shape index (κ1) is 14.8. The molecule has 0 aliphatic rings. The highest BCUT2D eigenvalue weighted by Gasteiger charge is 2.09. The van der Waals surface area contributed by atoms with Crippen molar-refractivity contribution < 1.29 is 9.53 Å². The van der Waals surface area contributed by atoms with Gasteiger partial charge in [0.05, 0.1) is 29.9 Å². The number of aromatic nitrogens is 1. The Morgan fingerprint density at radius 2 is 2.20 bits per heavy atom. The number of hydrogen-bond acceptors (Lipinski definition) is 3. The molecule has 0 unspecified atom stereocenters. The zero-order valence-electron chi connectivity index (χ0n) is 10.7. The summed E-state index contributed by atoms with van der Waals surface area (Å²) in [5.41, 5.74) is 1.41. The van der Waals surface area contributed by atoms with Gasteiger partial charge in [-0.05, 0) is 28.1 Å². The first-order chi connectivity index (χ1) is 9.60. The fraction of sp³-hybridized carbons (Fsp3) is 0.143. The van der Waals surface area contributed by atoms with Crippen molar-refractivity contribution in [2.45, 2.75) is 6.42 Å². The molecule has 0 saturated heterocycles. The predicted octanol–water partition coefficient (Wildman–Crippen LogP) is 3.69. The number of anilines is 1. The molecule has 0 atom stereocenters. The second-order valence-electron chi connectivity index (χ2n) is 4.03. The average Bonchev–Trinajstić information content (AvgIpc) is 2.43. The van der Waals surface area contributed by atoms with E-state index in [9.17, 15) is 4.79 Å². The molecular weight excluding hydrogens is 344 g/mol. The number of para-hydroxylation sites is 1. The minimum atomic E-state index is -0.148. The maximum Gasteiger partial charge on any atom is 0.228 e. The molecule has 0 aliphatic carbocycles. The Kier molecular flexibility index (Phi) is 4.98. The van der Waals surface area contributed by atoms with E-state index in [4.69, 9.17) is 16.3 Å². The molecule has 0 fully saturated rings. The monoisotopic (exact) mass is 354 g/mol. The van der Waals surface area contributed by atoms with Crippen molar-refractivity contribution >= 4 is 39.1 Å². The summed E-state index contributed by atoms with van der Waals surface area (Å²) < 4.78 is 5.85. The molecule has 0 radical (unpaired) electrons. The number of hydrogen-bond donors (Lipinski definition) is 1. The van der Waals surface area contributed by atoms with Gasteiger partial charge in [-0.2, -0.15) is 0 Å². The maximum atomic E-state index is 12.0. The van der Waals surface area contributed by atoms with Crippen LogP contribution in [0, 0.1) is 0 Å². The summed E-state index contributed by atoms with van der Waals surface area (Å²) in [7, 11) is 1.58. The molecule has 0 aliphatic heterocycles. The summed E-state index contributed by atoms with van der Waals surface area (Å²) in [5, 5.41) is 3.12. The molecule has 1 aromatic heterocycles. The smallest absolute Gasteiger partial charge is 0.228 e. The molecule has 0 spiro atoms. The number of pyridine rings is 1. The summed E-state index contributed by atoms with van der Waals surface area (Å²) in [6, 6.07) is 9.11. The molecule has 6 heteroatoms. The molecule has 4 nitrogen and oxygen atoms in total. The fourth-order valence-corrected chi connectivity index (χ4v) is 2.17. The second kappa shape index (κ2) is 6.72. The van der Waals surface area contributed by atoms with Gasteiger partial charge in [-0.1, -0.05) is 29.8 Å². The molecule has 0 bridgehead atoms. The van der Waals surface area contributed by atoms with Crippen LogP contribution in [0.4, 0.5) is 5.69 Å². The van der Waals surface area contributed by atoms with E-state index in [1.807, 2.05) is 24.3 Å². The molecule has 1 aromatic carbocycles. The van der Waals surface area contributed by atoms with Crippen LogP contribution in [0.1, 0.15) is 5.56 Å². The Morgan fingerprint density at radius 3 is 2.90 bits per heavy atom. The van der Waals surface area contributed by atoms with E-state index in [1.165, 1.54) is 6.20 Å². The number of nitrogens with zero attached hydrogens (tertiary/aromatic N) is 1. The highest BCUT2D eigenvalue weighted by atomic mass is 79.9. The van der Waals surface area contributed by atoms with Gasteiger partial charge >= 0.3 is 0 Å². The lowest BCUT2D eigenvalue weighted by atomic mass is 10.1. The summed E-state index contributed by atoms with van der Waals surface area (Å²) >= 11 is 9.06. The lowest BCUT2D eigenvalue weighted by Gasteiger charge is -2.09. The number of halogens is 2. The van der Waals surface area contributed by atoms with Crippen LogP contribution in [0.3, 0.4) is 0 Å². The molecule has 104 valence electrons. The molecular formula is C14H12BrClN2O2. The van der Waals surface area contributed by atoms with Crippen molar-refractivity contribution in [1.82, 2.24) is 4.98 Å². The van der Waals surface area contributed by atoms with Crippen LogP contribution < -0.4 is 10.1 Å². The first-order valence-corrected chi connectivity index (χ1v) is 7.00. The molecule has 1 N–H and O–H groups in total. The van der Waals surface area contributed by atoms with E-state index in [1.54, 1.807) is 13.2 Å². The number of rotatable bonds is 4. The van der Waals surface area contributed by atoms with Crippen LogP contribution in [-0.4, -0.2) is 18.0 Å². The van der Waals surface area contributed by atoms with Gasteiger partial charge < -0.3 is 10.1 Å². The third-order valence-electron chi connectivity index (χ3n) is 2.62. The number of ether oxygens (including phenoxy) is 1. The number of methoxy groups -OCH3 is 1. The van der Waals surface area contributed by atoms with Crippen molar-refractivity contribution in [2.75, 3.05) is 12.4 Å². The molecule has 0 saturated carbocycles. The quantitative estimate of drug-likeness (QED) is 0.851. The van der Waals surface area contributed by atoms with Crippen molar-refractivity contribution in [3.05, 3.63) is 51.7 Å². The van der Waals surface area contributed by atoms with E-state index in [2.05, 4.69) is 26.2 Å². The third kappa shape index (κ3) is 3.71. The average molecular weight is 356 g/mol. The largest absolute Gasteiger partial charge is 0.496 e. The van der Waals surface area contributed by atoms with E-state index >= 15 is 0 Å². The van der Waals surface area contributed by atoms with E-state index in [0.717, 1.165) is 5.56 Å². The Labute approximate surface area is 130 Å². The summed E-state index contributed by atoms with van der Waals surface area (Å²) in [5.74, 6) is 0.545. The second-order valence-corrected chi connectivity index (χ2v) is 5.25. The lowest BCUT2D eigenvalue weighted by molar-refractivity contribution is -0.115. The number of benzene rings is 1. The van der Waals surface area contributed by atoms with Crippen LogP contribution in [0.5, 0.6) is 5.75 Å². The zero-order valence-corrected chi connectivity index (χ0v) is 13.0. The first-order valence-electron chi connectivity index (χ1n) is 5.83. The van der Waals surface area contributed by atoms with Crippen LogP contribution in [0.2, 0.25) is 5.15 Å². The number of amides is 1. The van der Waals surface area contributed by atoms with E-state index < -0.39 is 0 Å². The Bertz CT molecular complexity index is 634. The lowest BCUT2D eigenvalue weighted by Crippen LogP contribution is -2.15.